The molecule has 1 aromatic carbocycles. The van der Waals surface area contributed by atoms with Gasteiger partial charge in [-0.05, 0) is 43.9 Å². The molecule has 0 amide bonds. The van der Waals surface area contributed by atoms with Gasteiger partial charge in [0.15, 0.2) is 0 Å². The van der Waals surface area contributed by atoms with Gasteiger partial charge in [0, 0.05) is 24.8 Å². The first-order valence-corrected chi connectivity index (χ1v) is 7.70. The average molecular weight is 260 g/mol. The molecule has 1 N–H and O–H groups in total. The molecule has 0 saturated heterocycles. The molecule has 1 aromatic rings. The molecule has 19 heavy (non-hydrogen) atoms. The molecule has 2 nitrogen and oxygen atoms in total. The minimum Gasteiger partial charge on any atom is -0.367 e. The lowest BCUT2D eigenvalue weighted by Crippen LogP contribution is -2.48. The third-order valence-electron chi connectivity index (χ3n) is 4.16. The highest BCUT2D eigenvalue weighted by Gasteiger charge is 2.25. The Hall–Kier alpha value is -1.02. The fraction of sp³-hybridized carbons (Fsp3) is 0.647. The molecule has 0 aliphatic carbocycles. The SMILES string of the molecule is CCNCC(C(C)C)N1CCCc2cc(C)ccc21. The number of nitrogens with zero attached hydrogens (tertiary/aromatic N) is 1. The van der Waals surface area contributed by atoms with Gasteiger partial charge in [-0.25, -0.2) is 0 Å². The molecule has 0 fully saturated rings. The van der Waals surface area contributed by atoms with Crippen molar-refractivity contribution in [2.45, 2.75) is 46.6 Å². The molecule has 0 spiro atoms. The van der Waals surface area contributed by atoms with Crippen molar-refractivity contribution in [2.24, 2.45) is 5.92 Å². The van der Waals surface area contributed by atoms with Crippen LogP contribution in [-0.2, 0) is 6.42 Å². The lowest BCUT2D eigenvalue weighted by Gasteiger charge is -2.40. The van der Waals surface area contributed by atoms with Crippen LogP contribution in [0.3, 0.4) is 0 Å². The van der Waals surface area contributed by atoms with Crippen molar-refractivity contribution in [3.63, 3.8) is 0 Å². The predicted octanol–water partition coefficient (Wildman–Crippen LogP) is 3.38. The standard InChI is InChI=1S/C17H28N2/c1-5-18-12-17(13(2)3)19-10-6-7-15-11-14(4)8-9-16(15)19/h8-9,11,13,17-18H,5-7,10,12H2,1-4H3. The molecule has 0 saturated carbocycles. The van der Waals surface area contributed by atoms with Crippen molar-refractivity contribution in [1.29, 1.82) is 0 Å². The van der Waals surface area contributed by atoms with Crippen LogP contribution in [0.1, 0.15) is 38.3 Å². The Morgan fingerprint density at radius 2 is 2.11 bits per heavy atom. The van der Waals surface area contributed by atoms with Gasteiger partial charge in [0.05, 0.1) is 0 Å². The summed E-state index contributed by atoms with van der Waals surface area (Å²) in [5, 5.41) is 3.53. The van der Waals surface area contributed by atoms with Crippen molar-refractivity contribution < 1.29 is 0 Å². The highest BCUT2D eigenvalue weighted by atomic mass is 15.2. The maximum atomic E-state index is 3.53. The number of hydrogen-bond donors (Lipinski definition) is 1. The number of fused-ring (bicyclic) bond motifs is 1. The second-order valence-electron chi connectivity index (χ2n) is 6.05. The number of anilines is 1. The maximum Gasteiger partial charge on any atom is 0.0437 e. The Kier molecular flexibility index (Phi) is 4.87. The molecule has 0 aromatic heterocycles. The van der Waals surface area contributed by atoms with Gasteiger partial charge < -0.3 is 10.2 Å². The van der Waals surface area contributed by atoms with Gasteiger partial charge in [0.25, 0.3) is 0 Å². The minimum absolute atomic E-state index is 0.599. The Morgan fingerprint density at radius 1 is 1.32 bits per heavy atom. The van der Waals surface area contributed by atoms with E-state index in [-0.39, 0.29) is 0 Å². The highest BCUT2D eigenvalue weighted by molar-refractivity contribution is 5.57. The van der Waals surface area contributed by atoms with E-state index in [2.05, 4.69) is 56.1 Å². The Morgan fingerprint density at radius 3 is 2.79 bits per heavy atom. The first-order valence-electron chi connectivity index (χ1n) is 7.70. The molecule has 1 aliphatic rings. The molecular weight excluding hydrogens is 232 g/mol. The van der Waals surface area contributed by atoms with E-state index >= 15 is 0 Å². The van der Waals surface area contributed by atoms with Crippen LogP contribution < -0.4 is 10.2 Å². The van der Waals surface area contributed by atoms with Crippen LogP contribution in [0.5, 0.6) is 0 Å². The Balaban J connectivity index is 2.25. The molecule has 0 bridgehead atoms. The van der Waals surface area contributed by atoms with Crippen LogP contribution in [-0.4, -0.2) is 25.7 Å². The Bertz CT molecular complexity index is 412. The molecule has 0 radical (unpaired) electrons. The van der Waals surface area contributed by atoms with Crippen LogP contribution in [0.15, 0.2) is 18.2 Å². The van der Waals surface area contributed by atoms with Crippen molar-refractivity contribution >= 4 is 5.69 Å². The summed E-state index contributed by atoms with van der Waals surface area (Å²) in [6, 6.07) is 7.54. The van der Waals surface area contributed by atoms with Crippen molar-refractivity contribution in [3.8, 4) is 0 Å². The van der Waals surface area contributed by atoms with E-state index in [1.165, 1.54) is 36.2 Å². The average Bonchev–Trinajstić information content (AvgIpc) is 2.38. The second kappa shape index (κ2) is 6.42. The van der Waals surface area contributed by atoms with Gasteiger partial charge >= 0.3 is 0 Å². The van der Waals surface area contributed by atoms with Crippen LogP contribution in [0.2, 0.25) is 0 Å². The van der Waals surface area contributed by atoms with Gasteiger partial charge in [0.2, 0.25) is 0 Å². The third kappa shape index (κ3) is 3.30. The quantitative estimate of drug-likeness (QED) is 0.873. The van der Waals surface area contributed by atoms with Gasteiger partial charge in [0.1, 0.15) is 0 Å². The molecule has 2 heteroatoms. The summed E-state index contributed by atoms with van der Waals surface area (Å²) >= 11 is 0. The highest BCUT2D eigenvalue weighted by Crippen LogP contribution is 2.31. The Labute approximate surface area is 118 Å². The van der Waals surface area contributed by atoms with Gasteiger partial charge in [-0.3, -0.25) is 0 Å². The van der Waals surface area contributed by atoms with Gasteiger partial charge in [-0.1, -0.05) is 38.5 Å². The smallest absolute Gasteiger partial charge is 0.0437 e. The lowest BCUT2D eigenvalue weighted by molar-refractivity contribution is 0.421. The first-order chi connectivity index (χ1) is 9.13. The van der Waals surface area contributed by atoms with Crippen LogP contribution >= 0.6 is 0 Å². The van der Waals surface area contributed by atoms with E-state index in [4.69, 9.17) is 0 Å². The van der Waals surface area contributed by atoms with E-state index in [1.807, 2.05) is 0 Å². The molecule has 1 heterocycles. The van der Waals surface area contributed by atoms with Crippen LogP contribution in [0, 0.1) is 12.8 Å². The first kappa shape index (κ1) is 14.4. The molecule has 1 aliphatic heterocycles. The van der Waals surface area contributed by atoms with E-state index in [9.17, 15) is 0 Å². The monoisotopic (exact) mass is 260 g/mol. The van der Waals surface area contributed by atoms with E-state index in [1.54, 1.807) is 0 Å². The summed E-state index contributed by atoms with van der Waals surface area (Å²) in [5.74, 6) is 0.673. The lowest BCUT2D eigenvalue weighted by atomic mass is 9.94. The summed E-state index contributed by atoms with van der Waals surface area (Å²) in [6.45, 7) is 12.4. The zero-order valence-corrected chi connectivity index (χ0v) is 12.9. The molecule has 2 rings (SSSR count). The summed E-state index contributed by atoms with van der Waals surface area (Å²) in [7, 11) is 0. The molecule has 1 unspecified atom stereocenters. The molecule has 106 valence electrons. The van der Waals surface area contributed by atoms with Crippen molar-refractivity contribution in [3.05, 3.63) is 29.3 Å². The number of benzene rings is 1. The zero-order chi connectivity index (χ0) is 13.8. The van der Waals surface area contributed by atoms with Crippen molar-refractivity contribution in [1.82, 2.24) is 5.32 Å². The molecular formula is C17H28N2. The third-order valence-corrected chi connectivity index (χ3v) is 4.16. The normalized spacial score (nSPS) is 16.6. The summed E-state index contributed by atoms with van der Waals surface area (Å²) in [4.78, 5) is 2.63. The second-order valence-corrected chi connectivity index (χ2v) is 6.05. The van der Waals surface area contributed by atoms with E-state index < -0.39 is 0 Å². The zero-order valence-electron chi connectivity index (χ0n) is 12.9. The van der Waals surface area contributed by atoms with Gasteiger partial charge in [-0.15, -0.1) is 0 Å². The maximum absolute atomic E-state index is 3.53. The van der Waals surface area contributed by atoms with E-state index in [0.717, 1.165) is 13.1 Å². The number of likely N-dealkylation sites (N-methyl/N-ethyl adjacent to an activating group) is 1. The fourth-order valence-corrected chi connectivity index (χ4v) is 3.10. The summed E-state index contributed by atoms with van der Waals surface area (Å²) in [5.41, 5.74) is 4.38. The number of aryl methyl sites for hydroxylation is 2. The largest absolute Gasteiger partial charge is 0.367 e. The van der Waals surface area contributed by atoms with Crippen LogP contribution in [0.25, 0.3) is 0 Å². The van der Waals surface area contributed by atoms with E-state index in [0.29, 0.717) is 12.0 Å². The van der Waals surface area contributed by atoms with Crippen molar-refractivity contribution in [2.75, 3.05) is 24.5 Å². The topological polar surface area (TPSA) is 15.3 Å². The summed E-state index contributed by atoms with van der Waals surface area (Å²) in [6.07, 6.45) is 2.52. The predicted molar refractivity (Wildman–Crippen MR) is 84.0 cm³/mol. The van der Waals surface area contributed by atoms with Crippen LogP contribution in [0.4, 0.5) is 5.69 Å². The summed E-state index contributed by atoms with van der Waals surface area (Å²) < 4.78 is 0. The van der Waals surface area contributed by atoms with Gasteiger partial charge in [-0.2, -0.15) is 0 Å². The number of nitrogens with one attached hydrogen (secondary N) is 1. The fourth-order valence-electron chi connectivity index (χ4n) is 3.10. The minimum atomic E-state index is 0.599. The molecule has 1 atom stereocenters. The number of rotatable bonds is 5. The number of hydrogen-bond acceptors (Lipinski definition) is 2.